The van der Waals surface area contributed by atoms with E-state index in [9.17, 15) is 0 Å². The molecule has 116 valence electrons. The highest BCUT2D eigenvalue weighted by Gasteiger charge is 2.28. The average Bonchev–Trinajstić information content (AvgIpc) is 2.85. The maximum absolute atomic E-state index is 6.48. The molecule has 3 aromatic rings. The minimum absolute atomic E-state index is 0.444. The summed E-state index contributed by atoms with van der Waals surface area (Å²) < 4.78 is 2.17. The van der Waals surface area contributed by atoms with Crippen molar-refractivity contribution in [1.82, 2.24) is 9.55 Å². The van der Waals surface area contributed by atoms with Gasteiger partial charge in [-0.2, -0.15) is 0 Å². The first-order valence-corrected chi connectivity index (χ1v) is 8.09. The summed E-state index contributed by atoms with van der Waals surface area (Å²) in [4.78, 5) is 4.94. The van der Waals surface area contributed by atoms with Gasteiger partial charge in [0, 0.05) is 23.6 Å². The topological polar surface area (TPSA) is 43.8 Å². The van der Waals surface area contributed by atoms with Crippen LogP contribution in [0.15, 0.2) is 42.5 Å². The van der Waals surface area contributed by atoms with Gasteiger partial charge in [-0.25, -0.2) is 4.98 Å². The number of nitrogens with zero attached hydrogens (tertiary/aromatic N) is 2. The van der Waals surface area contributed by atoms with E-state index in [4.69, 9.17) is 10.7 Å². The zero-order valence-corrected chi connectivity index (χ0v) is 13.8. The van der Waals surface area contributed by atoms with E-state index in [1.165, 1.54) is 22.3 Å². The number of nitrogens with two attached hydrogens (primary N) is 1. The normalized spacial score (nSPS) is 16.0. The standard InChI is InChI=1S/C20H21N3/c1-12-7-4-5-9-15(12)18-19(21)23-11-14(3)17-13(2)8-6-10-16(17)20(23)22-18/h4-10,14H,11,21H2,1-3H3. The van der Waals surface area contributed by atoms with Crippen LogP contribution in [0.2, 0.25) is 0 Å². The van der Waals surface area contributed by atoms with Gasteiger partial charge in [-0.15, -0.1) is 0 Å². The number of fused-ring (bicyclic) bond motifs is 3. The Bertz CT molecular complexity index is 905. The van der Waals surface area contributed by atoms with Crippen molar-refractivity contribution in [3.63, 3.8) is 0 Å². The lowest BCUT2D eigenvalue weighted by molar-refractivity contribution is 0.588. The highest BCUT2D eigenvalue weighted by atomic mass is 15.2. The van der Waals surface area contributed by atoms with E-state index in [1.54, 1.807) is 0 Å². The second kappa shape index (κ2) is 4.98. The molecular formula is C20H21N3. The molecule has 0 spiro atoms. The van der Waals surface area contributed by atoms with Gasteiger partial charge in [-0.05, 0) is 30.5 Å². The summed E-state index contributed by atoms with van der Waals surface area (Å²) in [6.45, 7) is 7.44. The van der Waals surface area contributed by atoms with Gasteiger partial charge in [-0.3, -0.25) is 0 Å². The first-order valence-electron chi connectivity index (χ1n) is 8.09. The van der Waals surface area contributed by atoms with E-state index in [2.05, 4.69) is 55.7 Å². The van der Waals surface area contributed by atoms with Crippen molar-refractivity contribution in [2.45, 2.75) is 33.2 Å². The fraction of sp³-hybridized carbons (Fsp3) is 0.250. The predicted molar refractivity (Wildman–Crippen MR) is 95.4 cm³/mol. The van der Waals surface area contributed by atoms with E-state index in [1.807, 2.05) is 12.1 Å². The molecule has 0 radical (unpaired) electrons. The Hall–Kier alpha value is -2.55. The summed E-state index contributed by atoms with van der Waals surface area (Å²) in [5.41, 5.74) is 13.7. The van der Waals surface area contributed by atoms with Crippen molar-refractivity contribution in [3.8, 4) is 22.6 Å². The van der Waals surface area contributed by atoms with Crippen LogP contribution >= 0.6 is 0 Å². The molecular weight excluding hydrogens is 282 g/mol. The summed E-state index contributed by atoms with van der Waals surface area (Å²) >= 11 is 0. The number of hydrogen-bond acceptors (Lipinski definition) is 2. The zero-order valence-electron chi connectivity index (χ0n) is 13.8. The lowest BCUT2D eigenvalue weighted by atomic mass is 9.88. The van der Waals surface area contributed by atoms with E-state index in [-0.39, 0.29) is 0 Å². The predicted octanol–water partition coefficient (Wildman–Crippen LogP) is 4.53. The molecule has 23 heavy (non-hydrogen) atoms. The number of aromatic nitrogens is 2. The van der Waals surface area contributed by atoms with Gasteiger partial charge in [0.15, 0.2) is 0 Å². The molecule has 2 aromatic carbocycles. The Morgan fingerprint density at radius 3 is 2.48 bits per heavy atom. The second-order valence-electron chi connectivity index (χ2n) is 6.53. The fourth-order valence-corrected chi connectivity index (χ4v) is 3.79. The van der Waals surface area contributed by atoms with Crippen molar-refractivity contribution in [3.05, 3.63) is 59.2 Å². The van der Waals surface area contributed by atoms with Crippen molar-refractivity contribution in [2.75, 3.05) is 5.73 Å². The average molecular weight is 303 g/mol. The van der Waals surface area contributed by atoms with E-state index in [0.29, 0.717) is 5.92 Å². The quantitative estimate of drug-likeness (QED) is 0.717. The third kappa shape index (κ3) is 2.00. The molecule has 3 nitrogen and oxygen atoms in total. The summed E-state index contributed by atoms with van der Waals surface area (Å²) in [7, 11) is 0. The van der Waals surface area contributed by atoms with Gasteiger partial charge in [0.05, 0.1) is 0 Å². The maximum Gasteiger partial charge on any atom is 0.142 e. The Labute approximate surface area is 136 Å². The molecule has 1 aliphatic heterocycles. The Morgan fingerprint density at radius 2 is 1.70 bits per heavy atom. The zero-order chi connectivity index (χ0) is 16.1. The first kappa shape index (κ1) is 14.1. The molecule has 1 aliphatic rings. The molecule has 0 aliphatic carbocycles. The van der Waals surface area contributed by atoms with Gasteiger partial charge in [0.25, 0.3) is 0 Å². The lowest BCUT2D eigenvalue weighted by Gasteiger charge is -2.26. The second-order valence-corrected chi connectivity index (χ2v) is 6.53. The Balaban J connectivity index is 1.98. The summed E-state index contributed by atoms with van der Waals surface area (Å²) in [5.74, 6) is 2.21. The number of hydrogen-bond donors (Lipinski definition) is 1. The van der Waals surface area contributed by atoms with Crippen LogP contribution in [0.3, 0.4) is 0 Å². The minimum atomic E-state index is 0.444. The highest BCUT2D eigenvalue weighted by molar-refractivity contribution is 5.79. The number of rotatable bonds is 1. The van der Waals surface area contributed by atoms with Crippen molar-refractivity contribution >= 4 is 5.82 Å². The van der Waals surface area contributed by atoms with Gasteiger partial charge < -0.3 is 10.3 Å². The molecule has 3 heteroatoms. The van der Waals surface area contributed by atoms with E-state index in [0.717, 1.165) is 29.4 Å². The maximum atomic E-state index is 6.48. The molecule has 1 unspecified atom stereocenters. The molecule has 1 aromatic heterocycles. The van der Waals surface area contributed by atoms with Crippen LogP contribution in [0.5, 0.6) is 0 Å². The van der Waals surface area contributed by atoms with Crippen molar-refractivity contribution in [1.29, 1.82) is 0 Å². The highest BCUT2D eigenvalue weighted by Crippen LogP contribution is 2.41. The first-order chi connectivity index (χ1) is 11.1. The fourth-order valence-electron chi connectivity index (χ4n) is 3.79. The van der Waals surface area contributed by atoms with Gasteiger partial charge in [0.1, 0.15) is 17.3 Å². The molecule has 0 fully saturated rings. The van der Waals surface area contributed by atoms with Crippen LogP contribution in [-0.2, 0) is 6.54 Å². The number of aryl methyl sites for hydroxylation is 2. The number of anilines is 1. The lowest BCUT2D eigenvalue weighted by Crippen LogP contribution is -2.17. The summed E-state index contributed by atoms with van der Waals surface area (Å²) in [6.07, 6.45) is 0. The largest absolute Gasteiger partial charge is 0.383 e. The molecule has 2 heterocycles. The molecule has 2 N–H and O–H groups in total. The van der Waals surface area contributed by atoms with Crippen LogP contribution in [0.1, 0.15) is 29.5 Å². The molecule has 0 saturated carbocycles. The number of nitrogen functional groups attached to an aromatic ring is 1. The molecule has 0 amide bonds. The van der Waals surface area contributed by atoms with Crippen LogP contribution in [-0.4, -0.2) is 9.55 Å². The van der Waals surface area contributed by atoms with E-state index < -0.39 is 0 Å². The van der Waals surface area contributed by atoms with Crippen LogP contribution < -0.4 is 5.73 Å². The van der Waals surface area contributed by atoms with Crippen molar-refractivity contribution < 1.29 is 0 Å². The third-order valence-electron chi connectivity index (χ3n) is 4.92. The number of imidazole rings is 1. The van der Waals surface area contributed by atoms with Crippen molar-refractivity contribution in [2.24, 2.45) is 0 Å². The monoisotopic (exact) mass is 303 g/mol. The van der Waals surface area contributed by atoms with Gasteiger partial charge in [0.2, 0.25) is 0 Å². The summed E-state index contributed by atoms with van der Waals surface area (Å²) in [6, 6.07) is 14.7. The SMILES string of the molecule is Cc1ccccc1-c1nc2n(c1N)CC(C)c1c(C)cccc1-2. The van der Waals surface area contributed by atoms with Crippen LogP contribution in [0.25, 0.3) is 22.6 Å². The smallest absolute Gasteiger partial charge is 0.142 e. The molecule has 0 saturated heterocycles. The summed E-state index contributed by atoms with van der Waals surface area (Å²) in [5, 5.41) is 0. The molecule has 4 rings (SSSR count). The minimum Gasteiger partial charge on any atom is -0.383 e. The molecule has 0 bridgehead atoms. The third-order valence-corrected chi connectivity index (χ3v) is 4.92. The van der Waals surface area contributed by atoms with Crippen LogP contribution in [0.4, 0.5) is 5.82 Å². The Kier molecular flexibility index (Phi) is 3.05. The van der Waals surface area contributed by atoms with Crippen LogP contribution in [0, 0.1) is 13.8 Å². The Morgan fingerprint density at radius 1 is 1.00 bits per heavy atom. The van der Waals surface area contributed by atoms with Gasteiger partial charge in [-0.1, -0.05) is 49.4 Å². The number of benzene rings is 2. The molecule has 1 atom stereocenters. The van der Waals surface area contributed by atoms with E-state index >= 15 is 0 Å². The van der Waals surface area contributed by atoms with Gasteiger partial charge >= 0.3 is 0 Å².